The summed E-state index contributed by atoms with van der Waals surface area (Å²) in [4.78, 5) is 33.3. The van der Waals surface area contributed by atoms with Gasteiger partial charge in [-0.15, -0.1) is 0 Å². The Kier molecular flexibility index (Phi) is 6.61. The van der Waals surface area contributed by atoms with Gasteiger partial charge in [0.2, 0.25) is 0 Å². The van der Waals surface area contributed by atoms with E-state index in [2.05, 4.69) is 25.9 Å². The summed E-state index contributed by atoms with van der Waals surface area (Å²) in [6.07, 6.45) is 2.36. The van der Waals surface area contributed by atoms with Gasteiger partial charge < -0.3 is 25.4 Å². The van der Waals surface area contributed by atoms with E-state index in [1.165, 1.54) is 45.7 Å². The summed E-state index contributed by atoms with van der Waals surface area (Å²) in [6, 6.07) is 9.03. The first kappa shape index (κ1) is 21.5. The minimum absolute atomic E-state index is 0.148. The van der Waals surface area contributed by atoms with E-state index in [-0.39, 0.29) is 22.6 Å². The van der Waals surface area contributed by atoms with Crippen LogP contribution in [0.15, 0.2) is 48.8 Å². The number of ether oxygens (including phenoxy) is 2. The van der Waals surface area contributed by atoms with Gasteiger partial charge in [-0.1, -0.05) is 6.07 Å². The van der Waals surface area contributed by atoms with Crippen LogP contribution in [0.4, 0.5) is 21.7 Å². The second-order valence-corrected chi connectivity index (χ2v) is 6.18. The molecule has 160 valence electrons. The summed E-state index contributed by atoms with van der Waals surface area (Å²) in [6.45, 7) is 0. The Hall–Kier alpha value is -4.21. The zero-order chi connectivity index (χ0) is 22.4. The van der Waals surface area contributed by atoms with Gasteiger partial charge in [0.25, 0.3) is 11.8 Å². The van der Waals surface area contributed by atoms with Crippen molar-refractivity contribution in [3.63, 3.8) is 0 Å². The SMILES string of the molecule is CNC(=O)c1cnc(Nc2ccc(F)cn2)cc1NC(=O)c1cccc(OC)c1OC. The molecule has 3 rings (SSSR count). The number of rotatable bonds is 7. The van der Waals surface area contributed by atoms with E-state index >= 15 is 0 Å². The summed E-state index contributed by atoms with van der Waals surface area (Å²) < 4.78 is 23.6. The second-order valence-electron chi connectivity index (χ2n) is 6.18. The van der Waals surface area contributed by atoms with Gasteiger partial charge in [-0.2, -0.15) is 0 Å². The van der Waals surface area contributed by atoms with Gasteiger partial charge in [-0.3, -0.25) is 9.59 Å². The van der Waals surface area contributed by atoms with E-state index in [0.29, 0.717) is 17.4 Å². The number of hydrogen-bond donors (Lipinski definition) is 3. The molecule has 0 atom stereocenters. The number of carbonyl (C=O) groups is 2. The molecule has 0 aliphatic rings. The minimum Gasteiger partial charge on any atom is -0.493 e. The first-order valence-electron chi connectivity index (χ1n) is 9.09. The molecule has 2 aromatic heterocycles. The van der Waals surface area contributed by atoms with E-state index in [1.54, 1.807) is 18.2 Å². The molecule has 9 nitrogen and oxygen atoms in total. The lowest BCUT2D eigenvalue weighted by Crippen LogP contribution is -2.22. The number of nitrogens with zero attached hydrogens (tertiary/aromatic N) is 2. The topological polar surface area (TPSA) is 114 Å². The summed E-state index contributed by atoms with van der Waals surface area (Å²) in [7, 11) is 4.36. The van der Waals surface area contributed by atoms with Crippen molar-refractivity contribution in [1.82, 2.24) is 15.3 Å². The van der Waals surface area contributed by atoms with Crippen LogP contribution < -0.4 is 25.4 Å². The molecule has 0 bridgehead atoms. The summed E-state index contributed by atoms with van der Waals surface area (Å²) in [5, 5.41) is 8.10. The molecular formula is C21H20FN5O4. The van der Waals surface area contributed by atoms with Crippen LogP contribution in [0.3, 0.4) is 0 Å². The van der Waals surface area contributed by atoms with Gasteiger partial charge in [0.15, 0.2) is 11.5 Å². The standard InChI is InChI=1S/C21H20FN5O4/c1-23-20(28)14-11-25-18(27-17-8-7-12(22)10-24-17)9-15(14)26-21(29)13-5-4-6-16(30-2)19(13)31-3/h4-11H,1-3H3,(H,23,28)(H2,24,25,26,27,29). The highest BCUT2D eigenvalue weighted by Gasteiger charge is 2.20. The quantitative estimate of drug-likeness (QED) is 0.533. The van der Waals surface area contributed by atoms with Crippen molar-refractivity contribution in [3.05, 3.63) is 65.7 Å². The lowest BCUT2D eigenvalue weighted by Gasteiger charge is -2.15. The van der Waals surface area contributed by atoms with Crippen molar-refractivity contribution in [3.8, 4) is 11.5 Å². The Labute approximate surface area is 177 Å². The summed E-state index contributed by atoms with van der Waals surface area (Å²) in [5.41, 5.74) is 0.570. The molecule has 0 radical (unpaired) electrons. The molecule has 3 N–H and O–H groups in total. The molecule has 2 amide bonds. The number of anilines is 3. The molecule has 0 spiro atoms. The van der Waals surface area contributed by atoms with Gasteiger partial charge in [-0.25, -0.2) is 14.4 Å². The molecule has 2 heterocycles. The predicted octanol–water partition coefficient (Wildman–Crippen LogP) is 2.99. The number of para-hydroxylation sites is 1. The van der Waals surface area contributed by atoms with Crippen molar-refractivity contribution >= 4 is 29.1 Å². The van der Waals surface area contributed by atoms with Crippen molar-refractivity contribution < 1.29 is 23.5 Å². The number of benzene rings is 1. The van der Waals surface area contributed by atoms with Gasteiger partial charge in [0.05, 0.1) is 37.2 Å². The highest BCUT2D eigenvalue weighted by molar-refractivity contribution is 6.10. The van der Waals surface area contributed by atoms with Crippen LogP contribution in [-0.4, -0.2) is 43.0 Å². The van der Waals surface area contributed by atoms with Crippen molar-refractivity contribution in [2.24, 2.45) is 0 Å². The number of amides is 2. The van der Waals surface area contributed by atoms with Crippen molar-refractivity contribution in [1.29, 1.82) is 0 Å². The Morgan fingerprint density at radius 3 is 2.35 bits per heavy atom. The molecule has 1 aromatic carbocycles. The third-order valence-corrected chi connectivity index (χ3v) is 4.25. The zero-order valence-electron chi connectivity index (χ0n) is 17.0. The maximum atomic E-state index is 13.1. The largest absolute Gasteiger partial charge is 0.493 e. The van der Waals surface area contributed by atoms with Gasteiger partial charge >= 0.3 is 0 Å². The van der Waals surface area contributed by atoms with E-state index in [1.807, 2.05) is 0 Å². The van der Waals surface area contributed by atoms with E-state index in [9.17, 15) is 14.0 Å². The van der Waals surface area contributed by atoms with Crippen molar-refractivity contribution in [2.45, 2.75) is 0 Å². The smallest absolute Gasteiger partial charge is 0.259 e. The Morgan fingerprint density at radius 2 is 1.71 bits per heavy atom. The third kappa shape index (κ3) is 4.86. The molecule has 31 heavy (non-hydrogen) atoms. The summed E-state index contributed by atoms with van der Waals surface area (Å²) in [5.74, 6) is -0.153. The van der Waals surface area contributed by atoms with Crippen LogP contribution in [-0.2, 0) is 0 Å². The fourth-order valence-electron chi connectivity index (χ4n) is 2.78. The number of carbonyl (C=O) groups excluding carboxylic acids is 2. The molecular weight excluding hydrogens is 405 g/mol. The Morgan fingerprint density at radius 1 is 0.935 bits per heavy atom. The highest BCUT2D eigenvalue weighted by atomic mass is 19.1. The Balaban J connectivity index is 1.95. The van der Waals surface area contributed by atoms with Gasteiger partial charge in [0, 0.05) is 19.3 Å². The average Bonchev–Trinajstić information content (AvgIpc) is 2.79. The highest BCUT2D eigenvalue weighted by Crippen LogP contribution is 2.31. The normalized spacial score (nSPS) is 10.2. The molecule has 10 heteroatoms. The third-order valence-electron chi connectivity index (χ3n) is 4.25. The van der Waals surface area contributed by atoms with E-state index in [0.717, 1.165) is 6.20 Å². The fourth-order valence-corrected chi connectivity index (χ4v) is 2.78. The maximum absolute atomic E-state index is 13.1. The number of pyridine rings is 2. The predicted molar refractivity (Wildman–Crippen MR) is 113 cm³/mol. The van der Waals surface area contributed by atoms with Crippen LogP contribution >= 0.6 is 0 Å². The van der Waals surface area contributed by atoms with Crippen LogP contribution in [0.2, 0.25) is 0 Å². The van der Waals surface area contributed by atoms with Crippen LogP contribution in [0.25, 0.3) is 0 Å². The van der Waals surface area contributed by atoms with Crippen LogP contribution in [0.1, 0.15) is 20.7 Å². The van der Waals surface area contributed by atoms with Crippen molar-refractivity contribution in [2.75, 3.05) is 31.9 Å². The van der Waals surface area contributed by atoms with Gasteiger partial charge in [0.1, 0.15) is 17.5 Å². The molecule has 3 aromatic rings. The monoisotopic (exact) mass is 425 g/mol. The number of nitrogens with one attached hydrogen (secondary N) is 3. The zero-order valence-corrected chi connectivity index (χ0v) is 17.0. The van der Waals surface area contributed by atoms with Crippen LogP contribution in [0, 0.1) is 5.82 Å². The molecule has 0 aliphatic heterocycles. The second kappa shape index (κ2) is 9.53. The summed E-state index contributed by atoms with van der Waals surface area (Å²) >= 11 is 0. The average molecular weight is 425 g/mol. The molecule has 0 fully saturated rings. The van der Waals surface area contributed by atoms with E-state index in [4.69, 9.17) is 9.47 Å². The lowest BCUT2D eigenvalue weighted by atomic mass is 10.1. The molecule has 0 saturated heterocycles. The fraction of sp³-hybridized carbons (Fsp3) is 0.143. The van der Waals surface area contributed by atoms with Crippen LogP contribution in [0.5, 0.6) is 11.5 Å². The maximum Gasteiger partial charge on any atom is 0.259 e. The molecule has 0 saturated carbocycles. The Bertz CT molecular complexity index is 1110. The number of halogens is 1. The number of hydrogen-bond acceptors (Lipinski definition) is 7. The lowest BCUT2D eigenvalue weighted by molar-refractivity contribution is 0.0963. The van der Waals surface area contributed by atoms with E-state index < -0.39 is 17.6 Å². The first-order chi connectivity index (χ1) is 15.0. The number of methoxy groups -OCH3 is 2. The minimum atomic E-state index is -0.516. The number of aromatic nitrogens is 2. The first-order valence-corrected chi connectivity index (χ1v) is 9.09. The van der Waals surface area contributed by atoms with Gasteiger partial charge in [-0.05, 0) is 24.3 Å². The molecule has 0 aliphatic carbocycles. The molecule has 0 unspecified atom stereocenters.